The fraction of sp³-hybridized carbons (Fsp3) is 0.278. The zero-order chi connectivity index (χ0) is 19.3. The van der Waals surface area contributed by atoms with Crippen LogP contribution in [0.25, 0.3) is 21.3 Å². The van der Waals surface area contributed by atoms with Crippen molar-refractivity contribution in [1.82, 2.24) is 9.97 Å². The number of benzene rings is 1. The van der Waals surface area contributed by atoms with E-state index in [1.807, 2.05) is 0 Å². The van der Waals surface area contributed by atoms with Crippen LogP contribution in [0.2, 0.25) is 0 Å². The van der Waals surface area contributed by atoms with Crippen LogP contribution in [0.4, 0.5) is 22.7 Å². The molecule has 1 saturated carbocycles. The monoisotopic (exact) mass is 395 g/mol. The summed E-state index contributed by atoms with van der Waals surface area (Å²) >= 11 is 1.23. The summed E-state index contributed by atoms with van der Waals surface area (Å²) in [6.07, 6.45) is -4.13. The Morgan fingerprint density at radius 2 is 2.04 bits per heavy atom. The molecule has 9 heteroatoms. The first kappa shape index (κ1) is 17.8. The highest BCUT2D eigenvalue weighted by atomic mass is 32.1. The van der Waals surface area contributed by atoms with E-state index in [1.54, 1.807) is 25.1 Å². The Bertz CT molecular complexity index is 1050. The highest BCUT2D eigenvalue weighted by molar-refractivity contribution is 7.22. The number of amides is 1. The molecule has 0 spiro atoms. The molecule has 4 rings (SSSR count). The molecule has 3 aromatic rings. The van der Waals surface area contributed by atoms with Crippen LogP contribution < -0.4 is 5.32 Å². The molecular weight excluding hydrogens is 382 g/mol. The van der Waals surface area contributed by atoms with Crippen molar-refractivity contribution in [2.75, 3.05) is 5.32 Å². The third-order valence-corrected chi connectivity index (χ3v) is 5.31. The summed E-state index contributed by atoms with van der Waals surface area (Å²) in [6.45, 7) is 1.60. The van der Waals surface area contributed by atoms with Gasteiger partial charge in [-0.25, -0.2) is 9.37 Å². The van der Waals surface area contributed by atoms with Gasteiger partial charge in [0.1, 0.15) is 11.9 Å². The Labute approximate surface area is 155 Å². The van der Waals surface area contributed by atoms with Crippen LogP contribution in [0.5, 0.6) is 0 Å². The summed E-state index contributed by atoms with van der Waals surface area (Å²) in [5, 5.41) is 2.98. The first-order valence-electron chi connectivity index (χ1n) is 8.12. The number of halogens is 4. The minimum Gasteiger partial charge on any atom is -0.302 e. The number of alkyl halides is 4. The number of pyridine rings is 1. The number of aromatic nitrogens is 2. The Kier molecular flexibility index (Phi) is 4.14. The molecule has 2 aromatic heterocycles. The van der Waals surface area contributed by atoms with Crippen molar-refractivity contribution in [3.63, 3.8) is 0 Å². The highest BCUT2D eigenvalue weighted by Gasteiger charge is 2.43. The van der Waals surface area contributed by atoms with Crippen molar-refractivity contribution in [2.24, 2.45) is 5.92 Å². The van der Waals surface area contributed by atoms with Crippen LogP contribution in [-0.4, -0.2) is 22.0 Å². The number of fused-ring (bicyclic) bond motifs is 1. The van der Waals surface area contributed by atoms with Crippen LogP contribution in [0.1, 0.15) is 17.7 Å². The maximum atomic E-state index is 13.0. The van der Waals surface area contributed by atoms with Gasteiger partial charge >= 0.3 is 6.18 Å². The smallest absolute Gasteiger partial charge is 0.302 e. The Morgan fingerprint density at radius 1 is 1.30 bits per heavy atom. The van der Waals surface area contributed by atoms with Crippen LogP contribution in [0.3, 0.4) is 0 Å². The fourth-order valence-corrected chi connectivity index (χ4v) is 3.70. The third-order valence-electron chi connectivity index (χ3n) is 4.38. The lowest BCUT2D eigenvalue weighted by molar-refractivity contribution is -0.141. The van der Waals surface area contributed by atoms with E-state index in [0.29, 0.717) is 27.3 Å². The SMILES string of the molecule is Cc1cc(C(F)(F)F)ncc1-c1ccc2nc(NC(=O)C3CC3F)sc2c1. The summed E-state index contributed by atoms with van der Waals surface area (Å²) in [5.41, 5.74) is 1.45. The topological polar surface area (TPSA) is 54.9 Å². The zero-order valence-electron chi connectivity index (χ0n) is 14.0. The number of carbonyl (C=O) groups is 1. The second-order valence-electron chi connectivity index (χ2n) is 6.43. The number of hydrogen-bond acceptors (Lipinski definition) is 4. The molecule has 1 amide bonds. The second-order valence-corrected chi connectivity index (χ2v) is 7.46. The minimum absolute atomic E-state index is 0.237. The average molecular weight is 395 g/mol. The van der Waals surface area contributed by atoms with Gasteiger partial charge in [-0.1, -0.05) is 17.4 Å². The molecule has 27 heavy (non-hydrogen) atoms. The largest absolute Gasteiger partial charge is 0.433 e. The van der Waals surface area contributed by atoms with E-state index >= 15 is 0 Å². The molecule has 1 fully saturated rings. The average Bonchev–Trinajstić information content (AvgIpc) is 3.19. The van der Waals surface area contributed by atoms with Crippen molar-refractivity contribution in [2.45, 2.75) is 25.7 Å². The molecule has 2 unspecified atom stereocenters. The number of hydrogen-bond donors (Lipinski definition) is 1. The number of aryl methyl sites for hydroxylation is 1. The van der Waals surface area contributed by atoms with Gasteiger partial charge in [0.2, 0.25) is 5.91 Å². The summed E-state index contributed by atoms with van der Waals surface area (Å²) in [7, 11) is 0. The molecule has 0 saturated heterocycles. The first-order valence-corrected chi connectivity index (χ1v) is 8.94. The van der Waals surface area contributed by atoms with Gasteiger partial charge < -0.3 is 5.32 Å². The van der Waals surface area contributed by atoms with Gasteiger partial charge in [-0.05, 0) is 42.7 Å². The molecule has 4 nitrogen and oxygen atoms in total. The maximum absolute atomic E-state index is 13.0. The van der Waals surface area contributed by atoms with Gasteiger partial charge in [0, 0.05) is 11.8 Å². The normalized spacial score (nSPS) is 19.3. The van der Waals surface area contributed by atoms with Crippen molar-refractivity contribution in [3.8, 4) is 11.1 Å². The standard InChI is InChI=1S/C18H13F4N3OS/c1-8-4-15(18(20,21)22)23-7-11(8)9-2-3-13-14(5-9)27-17(24-13)25-16(26)10-6-12(10)19/h2-5,7,10,12H,6H2,1H3,(H,24,25,26). The zero-order valence-corrected chi connectivity index (χ0v) is 14.8. The molecule has 2 atom stereocenters. The molecule has 1 aliphatic carbocycles. The number of nitrogens with one attached hydrogen (secondary N) is 1. The van der Waals surface area contributed by atoms with Crippen molar-refractivity contribution in [3.05, 3.63) is 41.7 Å². The third kappa shape index (κ3) is 3.51. The van der Waals surface area contributed by atoms with E-state index in [2.05, 4.69) is 15.3 Å². The van der Waals surface area contributed by atoms with Gasteiger partial charge in [0.05, 0.1) is 16.1 Å². The second kappa shape index (κ2) is 6.26. The fourth-order valence-electron chi connectivity index (χ4n) is 2.79. The van der Waals surface area contributed by atoms with Crippen LogP contribution in [0, 0.1) is 12.8 Å². The summed E-state index contributed by atoms with van der Waals surface area (Å²) in [5.74, 6) is -0.988. The molecule has 1 N–H and O–H groups in total. The van der Waals surface area contributed by atoms with Gasteiger partial charge in [-0.3, -0.25) is 9.78 Å². The lowest BCUT2D eigenvalue weighted by Crippen LogP contribution is -2.14. The predicted molar refractivity (Wildman–Crippen MR) is 94.2 cm³/mol. The van der Waals surface area contributed by atoms with Crippen molar-refractivity contribution < 1.29 is 22.4 Å². The quantitative estimate of drug-likeness (QED) is 0.636. The number of anilines is 1. The Balaban J connectivity index is 1.63. The van der Waals surface area contributed by atoms with E-state index in [-0.39, 0.29) is 12.3 Å². The molecule has 1 aliphatic rings. The number of carbonyl (C=O) groups excluding carboxylic acids is 1. The van der Waals surface area contributed by atoms with E-state index in [1.165, 1.54) is 17.5 Å². The predicted octanol–water partition coefficient (Wildman–Crippen LogP) is 4.98. The summed E-state index contributed by atoms with van der Waals surface area (Å²) in [4.78, 5) is 19.6. The van der Waals surface area contributed by atoms with Gasteiger partial charge in [-0.2, -0.15) is 13.2 Å². The van der Waals surface area contributed by atoms with Crippen LogP contribution in [-0.2, 0) is 11.0 Å². The van der Waals surface area contributed by atoms with Gasteiger partial charge in [-0.15, -0.1) is 0 Å². The van der Waals surface area contributed by atoms with E-state index in [0.717, 1.165) is 10.8 Å². The molecule has 0 bridgehead atoms. The lowest BCUT2D eigenvalue weighted by atomic mass is 10.0. The molecule has 0 radical (unpaired) electrons. The minimum atomic E-state index is -4.49. The van der Waals surface area contributed by atoms with Gasteiger partial charge in [0.15, 0.2) is 5.13 Å². The summed E-state index contributed by atoms with van der Waals surface area (Å²) < 4.78 is 52.0. The summed E-state index contributed by atoms with van der Waals surface area (Å²) in [6, 6.07) is 6.27. The molecule has 140 valence electrons. The lowest BCUT2D eigenvalue weighted by Gasteiger charge is -2.10. The van der Waals surface area contributed by atoms with E-state index in [4.69, 9.17) is 0 Å². The van der Waals surface area contributed by atoms with Crippen LogP contribution >= 0.6 is 11.3 Å². The Morgan fingerprint density at radius 3 is 2.67 bits per heavy atom. The number of nitrogens with zero attached hydrogens (tertiary/aromatic N) is 2. The van der Waals surface area contributed by atoms with Gasteiger partial charge in [0.25, 0.3) is 0 Å². The van der Waals surface area contributed by atoms with Crippen LogP contribution in [0.15, 0.2) is 30.5 Å². The van der Waals surface area contributed by atoms with E-state index in [9.17, 15) is 22.4 Å². The molecular formula is C18H13F4N3OS. The number of rotatable bonds is 3. The molecule has 1 aromatic carbocycles. The van der Waals surface area contributed by atoms with Crippen molar-refractivity contribution in [1.29, 1.82) is 0 Å². The van der Waals surface area contributed by atoms with E-state index < -0.39 is 24.0 Å². The Hall–Kier alpha value is -2.55. The molecule has 2 heterocycles. The molecule has 0 aliphatic heterocycles. The number of thiazole rings is 1. The highest BCUT2D eigenvalue weighted by Crippen LogP contribution is 2.37. The maximum Gasteiger partial charge on any atom is 0.433 e. The first-order chi connectivity index (χ1) is 12.7. The van der Waals surface area contributed by atoms with Crippen molar-refractivity contribution >= 4 is 32.6 Å².